The zero-order valence-corrected chi connectivity index (χ0v) is 14.8. The molecule has 0 heterocycles. The topological polar surface area (TPSA) is 73.2 Å². The molecule has 0 unspecified atom stereocenters. The molecular weight excluding hydrogens is 338 g/mol. The van der Waals surface area contributed by atoms with Crippen LogP contribution in [0.1, 0.15) is 24.5 Å². The second-order valence-corrected chi connectivity index (χ2v) is 5.95. The van der Waals surface area contributed by atoms with Gasteiger partial charge in [0.15, 0.2) is 0 Å². The maximum Gasteiger partial charge on any atom is 0.226 e. The van der Waals surface area contributed by atoms with E-state index in [1.54, 1.807) is 42.5 Å². The van der Waals surface area contributed by atoms with E-state index >= 15 is 0 Å². The highest BCUT2D eigenvalue weighted by Gasteiger charge is 2.14. The van der Waals surface area contributed by atoms with Crippen LogP contribution in [0.5, 0.6) is 0 Å². The lowest BCUT2D eigenvalue weighted by Gasteiger charge is -2.21. The molecule has 0 aliphatic rings. The first-order valence-corrected chi connectivity index (χ1v) is 8.13. The Morgan fingerprint density at radius 1 is 1.20 bits per heavy atom. The molecule has 6 heteroatoms. The molecule has 0 saturated carbocycles. The molecule has 25 heavy (non-hydrogen) atoms. The number of nitriles is 1. The second-order valence-electron chi connectivity index (χ2n) is 5.54. The standard InChI is InChI=1S/C19H18ClN3O2/c1-13-17(20)4-3-5-18(13)22-19(25)10-11-23(14(2)24)16-8-6-15(12-21)7-9-16/h3-9H,10-11H2,1-2H3,(H,22,25). The lowest BCUT2D eigenvalue weighted by Crippen LogP contribution is -2.32. The molecule has 0 aliphatic heterocycles. The van der Waals surface area contributed by atoms with Crippen LogP contribution >= 0.6 is 11.6 Å². The van der Waals surface area contributed by atoms with Crippen molar-refractivity contribution in [3.8, 4) is 6.07 Å². The Balaban J connectivity index is 2.03. The van der Waals surface area contributed by atoms with Crippen molar-refractivity contribution < 1.29 is 9.59 Å². The number of hydrogen-bond acceptors (Lipinski definition) is 3. The molecule has 5 nitrogen and oxygen atoms in total. The third-order valence-corrected chi connectivity index (χ3v) is 4.20. The van der Waals surface area contributed by atoms with E-state index in [1.165, 1.54) is 11.8 Å². The van der Waals surface area contributed by atoms with Crippen molar-refractivity contribution in [2.45, 2.75) is 20.3 Å². The molecule has 2 amide bonds. The fourth-order valence-corrected chi connectivity index (χ4v) is 2.53. The molecule has 1 N–H and O–H groups in total. The van der Waals surface area contributed by atoms with E-state index in [2.05, 4.69) is 5.32 Å². The van der Waals surface area contributed by atoms with Crippen molar-refractivity contribution in [3.63, 3.8) is 0 Å². The third-order valence-electron chi connectivity index (χ3n) is 3.79. The highest BCUT2D eigenvalue weighted by Crippen LogP contribution is 2.23. The predicted octanol–water partition coefficient (Wildman–Crippen LogP) is 3.90. The molecule has 2 aromatic carbocycles. The van der Waals surface area contributed by atoms with Gasteiger partial charge in [-0.1, -0.05) is 17.7 Å². The normalized spacial score (nSPS) is 10.0. The molecule has 0 spiro atoms. The van der Waals surface area contributed by atoms with Crippen molar-refractivity contribution in [1.29, 1.82) is 5.26 Å². The van der Waals surface area contributed by atoms with Crippen LogP contribution in [0.2, 0.25) is 5.02 Å². The van der Waals surface area contributed by atoms with Gasteiger partial charge in [0.05, 0.1) is 11.6 Å². The van der Waals surface area contributed by atoms with Crippen molar-refractivity contribution in [1.82, 2.24) is 0 Å². The monoisotopic (exact) mass is 355 g/mol. The second kappa shape index (κ2) is 8.32. The Labute approximate surface area is 151 Å². The number of anilines is 2. The van der Waals surface area contributed by atoms with E-state index < -0.39 is 0 Å². The number of hydrogen-bond donors (Lipinski definition) is 1. The fourth-order valence-electron chi connectivity index (χ4n) is 2.35. The lowest BCUT2D eigenvalue weighted by atomic mass is 10.2. The highest BCUT2D eigenvalue weighted by atomic mass is 35.5. The summed E-state index contributed by atoms with van der Waals surface area (Å²) in [6.45, 7) is 3.51. The van der Waals surface area contributed by atoms with E-state index in [0.29, 0.717) is 22.0 Å². The maximum absolute atomic E-state index is 12.2. The number of halogens is 1. The fraction of sp³-hybridized carbons (Fsp3) is 0.211. The molecule has 0 aliphatic carbocycles. The summed E-state index contributed by atoms with van der Waals surface area (Å²) in [5.74, 6) is -0.373. The van der Waals surface area contributed by atoms with Crippen LogP contribution in [0.4, 0.5) is 11.4 Å². The van der Waals surface area contributed by atoms with Gasteiger partial charge in [-0.2, -0.15) is 5.26 Å². The Morgan fingerprint density at radius 3 is 2.48 bits per heavy atom. The van der Waals surface area contributed by atoms with Crippen LogP contribution in [-0.2, 0) is 9.59 Å². The van der Waals surface area contributed by atoms with Crippen LogP contribution in [0.25, 0.3) is 0 Å². The van der Waals surface area contributed by atoms with Gasteiger partial charge in [-0.25, -0.2) is 0 Å². The Hall–Kier alpha value is -2.84. The highest BCUT2D eigenvalue weighted by molar-refractivity contribution is 6.31. The first-order chi connectivity index (χ1) is 11.9. The average Bonchev–Trinajstić information content (AvgIpc) is 2.59. The summed E-state index contributed by atoms with van der Waals surface area (Å²) in [6.07, 6.45) is 0.144. The predicted molar refractivity (Wildman–Crippen MR) is 98.6 cm³/mol. The van der Waals surface area contributed by atoms with Gasteiger partial charge in [0.2, 0.25) is 11.8 Å². The molecule has 0 aromatic heterocycles. The molecule has 128 valence electrons. The number of rotatable bonds is 5. The van der Waals surface area contributed by atoms with Gasteiger partial charge >= 0.3 is 0 Å². The molecule has 0 radical (unpaired) electrons. The average molecular weight is 356 g/mol. The third kappa shape index (κ3) is 4.82. The van der Waals surface area contributed by atoms with Crippen LogP contribution in [0.3, 0.4) is 0 Å². The summed E-state index contributed by atoms with van der Waals surface area (Å²) < 4.78 is 0. The van der Waals surface area contributed by atoms with E-state index in [-0.39, 0.29) is 24.8 Å². The van der Waals surface area contributed by atoms with Crippen molar-refractivity contribution in [3.05, 3.63) is 58.6 Å². The van der Waals surface area contributed by atoms with Crippen LogP contribution in [0, 0.1) is 18.3 Å². The molecular formula is C19H18ClN3O2. The van der Waals surface area contributed by atoms with Crippen molar-refractivity contribution in [2.24, 2.45) is 0 Å². The van der Waals surface area contributed by atoms with Gasteiger partial charge in [-0.15, -0.1) is 0 Å². The van der Waals surface area contributed by atoms with Crippen LogP contribution in [-0.4, -0.2) is 18.4 Å². The van der Waals surface area contributed by atoms with Crippen LogP contribution < -0.4 is 10.2 Å². The number of carbonyl (C=O) groups is 2. The Morgan fingerprint density at radius 2 is 1.88 bits per heavy atom. The SMILES string of the molecule is CC(=O)N(CCC(=O)Nc1cccc(Cl)c1C)c1ccc(C#N)cc1. The Bertz CT molecular complexity index is 826. The smallest absolute Gasteiger partial charge is 0.226 e. The van der Waals surface area contributed by atoms with Gasteiger partial charge in [0.25, 0.3) is 0 Å². The van der Waals surface area contributed by atoms with E-state index in [4.69, 9.17) is 16.9 Å². The number of nitrogens with zero attached hydrogens (tertiary/aromatic N) is 2. The number of carbonyl (C=O) groups excluding carboxylic acids is 2. The van der Waals surface area contributed by atoms with E-state index in [0.717, 1.165) is 5.56 Å². The van der Waals surface area contributed by atoms with Crippen molar-refractivity contribution in [2.75, 3.05) is 16.8 Å². The molecule has 2 rings (SSSR count). The van der Waals surface area contributed by atoms with E-state index in [9.17, 15) is 9.59 Å². The van der Waals surface area contributed by atoms with Gasteiger partial charge in [0, 0.05) is 36.3 Å². The van der Waals surface area contributed by atoms with Gasteiger partial charge < -0.3 is 10.2 Å². The first-order valence-electron chi connectivity index (χ1n) is 7.75. The number of benzene rings is 2. The maximum atomic E-state index is 12.2. The summed E-state index contributed by atoms with van der Waals surface area (Å²) >= 11 is 6.04. The van der Waals surface area contributed by atoms with E-state index in [1.807, 2.05) is 13.0 Å². The lowest BCUT2D eigenvalue weighted by molar-refractivity contribution is -0.117. The number of amides is 2. The minimum Gasteiger partial charge on any atom is -0.326 e. The minimum atomic E-state index is -0.203. The summed E-state index contributed by atoms with van der Waals surface area (Å²) in [7, 11) is 0. The van der Waals surface area contributed by atoms with Gasteiger partial charge in [-0.05, 0) is 48.9 Å². The summed E-state index contributed by atoms with van der Waals surface area (Å²) in [6, 6.07) is 14.0. The summed E-state index contributed by atoms with van der Waals surface area (Å²) in [5.41, 5.74) is 2.62. The summed E-state index contributed by atoms with van der Waals surface area (Å²) in [4.78, 5) is 25.6. The van der Waals surface area contributed by atoms with Gasteiger partial charge in [0.1, 0.15) is 0 Å². The Kier molecular flexibility index (Phi) is 6.15. The molecule has 0 saturated heterocycles. The zero-order valence-electron chi connectivity index (χ0n) is 14.0. The quantitative estimate of drug-likeness (QED) is 0.883. The zero-order chi connectivity index (χ0) is 18.4. The minimum absolute atomic E-state index is 0.144. The van der Waals surface area contributed by atoms with Crippen molar-refractivity contribution >= 4 is 34.8 Å². The largest absolute Gasteiger partial charge is 0.326 e. The molecule has 0 bridgehead atoms. The summed E-state index contributed by atoms with van der Waals surface area (Å²) in [5, 5.41) is 12.2. The first kappa shape index (κ1) is 18.5. The molecule has 0 fully saturated rings. The van der Waals surface area contributed by atoms with Gasteiger partial charge in [-0.3, -0.25) is 9.59 Å². The molecule has 0 atom stereocenters. The number of nitrogens with one attached hydrogen (secondary N) is 1. The van der Waals surface area contributed by atoms with Crippen LogP contribution in [0.15, 0.2) is 42.5 Å². The molecule has 2 aromatic rings.